The van der Waals surface area contributed by atoms with E-state index in [9.17, 15) is 16.8 Å². The minimum atomic E-state index is -3.97. The van der Waals surface area contributed by atoms with Crippen LogP contribution in [-0.2, 0) is 20.0 Å². The summed E-state index contributed by atoms with van der Waals surface area (Å²) in [4.78, 5) is 4.49. The van der Waals surface area contributed by atoms with Crippen molar-refractivity contribution < 1.29 is 16.8 Å². The molecule has 0 aromatic heterocycles. The van der Waals surface area contributed by atoms with Gasteiger partial charge in [-0.3, -0.25) is 4.90 Å². The van der Waals surface area contributed by atoms with Crippen molar-refractivity contribution in [3.8, 4) is 0 Å². The molecule has 0 amide bonds. The molecule has 2 saturated heterocycles. The van der Waals surface area contributed by atoms with Crippen molar-refractivity contribution in [2.24, 2.45) is 10.3 Å². The molecule has 196 valence electrons. The van der Waals surface area contributed by atoms with E-state index >= 15 is 0 Å². The summed E-state index contributed by atoms with van der Waals surface area (Å²) in [6, 6.07) is 15.1. The van der Waals surface area contributed by atoms with E-state index in [0.29, 0.717) is 18.9 Å². The Morgan fingerprint density at radius 3 is 2.11 bits per heavy atom. The van der Waals surface area contributed by atoms with E-state index in [-0.39, 0.29) is 22.3 Å². The van der Waals surface area contributed by atoms with Crippen LogP contribution in [0.1, 0.15) is 38.7 Å². The molecule has 0 saturated carbocycles. The predicted molar refractivity (Wildman–Crippen MR) is 142 cm³/mol. The maximum atomic E-state index is 13.6. The van der Waals surface area contributed by atoms with Crippen LogP contribution in [0.2, 0.25) is 0 Å². The van der Waals surface area contributed by atoms with Crippen LogP contribution < -0.4 is 0 Å². The van der Waals surface area contributed by atoms with Crippen LogP contribution in [-0.4, -0.2) is 75.7 Å². The molecule has 8 nitrogen and oxygen atoms in total. The van der Waals surface area contributed by atoms with Crippen LogP contribution in [0.15, 0.2) is 68.8 Å². The van der Waals surface area contributed by atoms with Gasteiger partial charge >= 0.3 is 0 Å². The van der Waals surface area contributed by atoms with E-state index in [1.54, 1.807) is 54.6 Å². The van der Waals surface area contributed by atoms with E-state index < -0.39 is 26.2 Å². The third kappa shape index (κ3) is 5.82. The molecule has 0 unspecified atom stereocenters. The first-order valence-electron chi connectivity index (χ1n) is 12.6. The highest BCUT2D eigenvalue weighted by atomic mass is 32.2. The Balaban J connectivity index is 1.73. The fraction of sp³-hybridized carbons (Fsp3) is 0.500. The summed E-state index contributed by atoms with van der Waals surface area (Å²) in [5.41, 5.74) is 0.965. The summed E-state index contributed by atoms with van der Waals surface area (Å²) in [6.45, 7) is 8.58. The number of piperidine rings is 1. The number of benzene rings is 2. The van der Waals surface area contributed by atoms with Crippen LogP contribution in [0.5, 0.6) is 0 Å². The Morgan fingerprint density at radius 2 is 1.50 bits per heavy atom. The molecule has 2 fully saturated rings. The summed E-state index contributed by atoms with van der Waals surface area (Å²) < 4.78 is 59.7. The zero-order valence-electron chi connectivity index (χ0n) is 21.2. The van der Waals surface area contributed by atoms with Crippen molar-refractivity contribution in [3.05, 3.63) is 60.2 Å². The number of amidine groups is 1. The van der Waals surface area contributed by atoms with Crippen molar-refractivity contribution in [1.82, 2.24) is 14.1 Å². The number of sulfonamides is 2. The van der Waals surface area contributed by atoms with Crippen molar-refractivity contribution in [2.75, 3.05) is 32.7 Å². The number of aryl methyl sites for hydroxylation is 1. The largest absolute Gasteiger partial charge is 0.340 e. The first-order valence-corrected chi connectivity index (χ1v) is 15.4. The van der Waals surface area contributed by atoms with E-state index in [1.807, 2.05) is 25.7 Å². The molecule has 0 spiro atoms. The van der Waals surface area contributed by atoms with Gasteiger partial charge in [-0.05, 0) is 63.0 Å². The van der Waals surface area contributed by atoms with Gasteiger partial charge in [0.05, 0.1) is 22.5 Å². The molecule has 10 heteroatoms. The molecule has 1 atom stereocenters. The fourth-order valence-electron chi connectivity index (χ4n) is 4.98. The third-order valence-corrected chi connectivity index (χ3v) is 10.0. The molecular weight excluding hydrogens is 496 g/mol. The molecule has 36 heavy (non-hydrogen) atoms. The van der Waals surface area contributed by atoms with E-state index in [1.165, 1.54) is 4.31 Å². The minimum Gasteiger partial charge on any atom is -0.340 e. The molecule has 2 aliphatic rings. The lowest BCUT2D eigenvalue weighted by atomic mass is 10.1. The Labute approximate surface area is 215 Å². The number of hydrogen-bond acceptors (Lipinski definition) is 5. The molecule has 2 heterocycles. The van der Waals surface area contributed by atoms with E-state index in [0.717, 1.165) is 37.9 Å². The summed E-state index contributed by atoms with van der Waals surface area (Å²) >= 11 is 0. The molecule has 2 aromatic carbocycles. The molecule has 0 N–H and O–H groups in total. The maximum Gasteiger partial charge on any atom is 0.283 e. The maximum absolute atomic E-state index is 13.6. The first-order chi connectivity index (χ1) is 17.1. The van der Waals surface area contributed by atoms with Crippen molar-refractivity contribution in [2.45, 2.75) is 56.0 Å². The SMILES string of the molecule is Cc1ccc(S(=O)(=O)N=C(CN2CCCCC2)N2CCN(S(=O)(=O)c3ccccc3)[C@@H]2C(C)C)cc1. The zero-order valence-corrected chi connectivity index (χ0v) is 22.9. The molecule has 2 aromatic rings. The fourth-order valence-corrected chi connectivity index (χ4v) is 7.74. The third-order valence-electron chi connectivity index (χ3n) is 6.81. The lowest BCUT2D eigenvalue weighted by Gasteiger charge is -2.36. The molecule has 2 aliphatic heterocycles. The van der Waals surface area contributed by atoms with Gasteiger partial charge in [-0.1, -0.05) is 56.2 Å². The minimum absolute atomic E-state index is 0.0837. The van der Waals surface area contributed by atoms with Gasteiger partial charge in [0, 0.05) is 13.1 Å². The Morgan fingerprint density at radius 1 is 0.861 bits per heavy atom. The van der Waals surface area contributed by atoms with Gasteiger partial charge in [-0.15, -0.1) is 4.40 Å². The second-order valence-corrected chi connectivity index (χ2v) is 13.4. The summed E-state index contributed by atoms with van der Waals surface area (Å²) in [5.74, 6) is 0.321. The number of hydrogen-bond donors (Lipinski definition) is 0. The van der Waals surface area contributed by atoms with E-state index in [2.05, 4.69) is 9.30 Å². The number of rotatable bonds is 7. The number of likely N-dealkylation sites (tertiary alicyclic amines) is 1. The van der Waals surface area contributed by atoms with Crippen LogP contribution in [0.4, 0.5) is 0 Å². The van der Waals surface area contributed by atoms with Crippen molar-refractivity contribution >= 4 is 25.9 Å². The van der Waals surface area contributed by atoms with Gasteiger partial charge in [0.1, 0.15) is 5.84 Å². The van der Waals surface area contributed by atoms with Crippen LogP contribution >= 0.6 is 0 Å². The summed E-state index contributed by atoms with van der Waals surface area (Å²) in [5, 5.41) is 0. The zero-order chi connectivity index (χ0) is 25.9. The Bertz CT molecular complexity index is 1270. The topological polar surface area (TPSA) is 90.4 Å². The van der Waals surface area contributed by atoms with Crippen LogP contribution in [0.25, 0.3) is 0 Å². The second-order valence-electron chi connectivity index (χ2n) is 9.91. The normalized spacial score (nSPS) is 20.8. The van der Waals surface area contributed by atoms with E-state index in [4.69, 9.17) is 0 Å². The molecule has 0 bridgehead atoms. The summed E-state index contributed by atoms with van der Waals surface area (Å²) in [6.07, 6.45) is 2.73. The van der Waals surface area contributed by atoms with Gasteiger partial charge in [-0.2, -0.15) is 12.7 Å². The van der Waals surface area contributed by atoms with Crippen molar-refractivity contribution in [3.63, 3.8) is 0 Å². The Hall–Kier alpha value is -2.27. The van der Waals surface area contributed by atoms with Crippen LogP contribution in [0.3, 0.4) is 0 Å². The quantitative estimate of drug-likeness (QED) is 0.400. The Kier molecular flexibility index (Phi) is 8.18. The second kappa shape index (κ2) is 11.0. The predicted octanol–water partition coefficient (Wildman–Crippen LogP) is 3.56. The highest BCUT2D eigenvalue weighted by Crippen LogP contribution is 2.30. The molecular formula is C26H36N4O4S2. The molecule has 0 radical (unpaired) electrons. The van der Waals surface area contributed by atoms with Gasteiger partial charge in [-0.25, -0.2) is 8.42 Å². The average molecular weight is 533 g/mol. The standard InChI is InChI=1S/C26H36N4O4S2/c1-21(2)26-29(18-19-30(26)36(33,34)24-10-6-4-7-11-24)25(20-28-16-8-5-9-17-28)27-35(31,32)23-14-12-22(3)13-15-23/h4,6-7,10-15,21,26H,5,8-9,16-20H2,1-3H3/t26-/m1/s1. The van der Waals surface area contributed by atoms with Gasteiger partial charge in [0.2, 0.25) is 10.0 Å². The highest BCUT2D eigenvalue weighted by Gasteiger charge is 2.43. The lowest BCUT2D eigenvalue weighted by Crippen LogP contribution is -2.50. The monoisotopic (exact) mass is 532 g/mol. The lowest BCUT2D eigenvalue weighted by molar-refractivity contribution is 0.197. The molecule has 4 rings (SSSR count). The van der Waals surface area contributed by atoms with Crippen LogP contribution in [0, 0.1) is 12.8 Å². The summed E-state index contributed by atoms with van der Waals surface area (Å²) in [7, 11) is -7.73. The van der Waals surface area contributed by atoms with Gasteiger partial charge < -0.3 is 4.90 Å². The van der Waals surface area contributed by atoms with Gasteiger partial charge in [0.15, 0.2) is 0 Å². The first kappa shape index (κ1) is 26.8. The van der Waals surface area contributed by atoms with Crippen molar-refractivity contribution in [1.29, 1.82) is 0 Å². The smallest absolute Gasteiger partial charge is 0.283 e. The van der Waals surface area contributed by atoms with Gasteiger partial charge in [0.25, 0.3) is 10.0 Å². The number of nitrogens with zero attached hydrogens (tertiary/aromatic N) is 4. The highest BCUT2D eigenvalue weighted by molar-refractivity contribution is 7.90. The average Bonchev–Trinajstić information content (AvgIpc) is 3.32. The molecule has 0 aliphatic carbocycles.